The van der Waals surface area contributed by atoms with Gasteiger partial charge in [-0.05, 0) is 37.8 Å². The standard InChI is InChI=1S/C16H15F3N2O4S/c17-16(18,19)26(22,23)25-14-9-15(21-13-7-2-1-6-12(13)14)24-10-11-5-3-4-8-20-11/h3-5,8-9H,1-2,6-7,10H2. The molecule has 2 aromatic rings. The first-order valence-corrected chi connectivity index (χ1v) is 9.23. The summed E-state index contributed by atoms with van der Waals surface area (Å²) < 4.78 is 70.6. The Morgan fingerprint density at radius 1 is 1.15 bits per heavy atom. The number of aromatic nitrogens is 2. The molecule has 0 saturated heterocycles. The molecular formula is C16H15F3N2O4S. The van der Waals surface area contributed by atoms with Gasteiger partial charge in [0.2, 0.25) is 5.88 Å². The number of fused-ring (bicyclic) bond motifs is 1. The number of alkyl halides is 3. The molecule has 0 atom stereocenters. The lowest BCUT2D eigenvalue weighted by molar-refractivity contribution is -0.0500. The number of aryl methyl sites for hydroxylation is 1. The van der Waals surface area contributed by atoms with Crippen LogP contribution in [0.1, 0.15) is 29.8 Å². The van der Waals surface area contributed by atoms with Crippen molar-refractivity contribution in [1.29, 1.82) is 0 Å². The molecule has 2 heterocycles. The van der Waals surface area contributed by atoms with Crippen LogP contribution in [-0.4, -0.2) is 23.9 Å². The van der Waals surface area contributed by atoms with Crippen LogP contribution in [0.2, 0.25) is 0 Å². The Morgan fingerprint density at radius 3 is 2.62 bits per heavy atom. The average molecular weight is 388 g/mol. The molecule has 0 bridgehead atoms. The highest BCUT2D eigenvalue weighted by molar-refractivity contribution is 7.88. The van der Waals surface area contributed by atoms with E-state index in [-0.39, 0.29) is 18.2 Å². The maximum Gasteiger partial charge on any atom is 0.534 e. The van der Waals surface area contributed by atoms with E-state index in [1.54, 1.807) is 24.4 Å². The van der Waals surface area contributed by atoms with Crippen molar-refractivity contribution < 1.29 is 30.5 Å². The van der Waals surface area contributed by atoms with Crippen LogP contribution in [0.5, 0.6) is 11.6 Å². The highest BCUT2D eigenvalue weighted by Crippen LogP contribution is 2.35. The van der Waals surface area contributed by atoms with Crippen LogP contribution in [0.15, 0.2) is 30.5 Å². The summed E-state index contributed by atoms with van der Waals surface area (Å²) in [5.74, 6) is -0.397. The first-order valence-electron chi connectivity index (χ1n) is 7.82. The number of hydrogen-bond acceptors (Lipinski definition) is 6. The first kappa shape index (κ1) is 18.4. The third-order valence-corrected chi connectivity index (χ3v) is 4.78. The van der Waals surface area contributed by atoms with Crippen molar-refractivity contribution in [3.8, 4) is 11.6 Å². The van der Waals surface area contributed by atoms with Crippen LogP contribution in [0.25, 0.3) is 0 Å². The van der Waals surface area contributed by atoms with Gasteiger partial charge in [0.25, 0.3) is 0 Å². The fourth-order valence-electron chi connectivity index (χ4n) is 2.59. The van der Waals surface area contributed by atoms with Gasteiger partial charge in [0.05, 0.1) is 11.4 Å². The van der Waals surface area contributed by atoms with E-state index in [4.69, 9.17) is 4.74 Å². The van der Waals surface area contributed by atoms with E-state index in [1.807, 2.05) is 0 Å². The number of rotatable bonds is 5. The Balaban J connectivity index is 1.90. The van der Waals surface area contributed by atoms with Gasteiger partial charge in [0.1, 0.15) is 6.61 Å². The second-order valence-corrected chi connectivity index (χ2v) is 7.22. The van der Waals surface area contributed by atoms with E-state index in [0.29, 0.717) is 36.2 Å². The molecule has 0 aromatic carbocycles. The van der Waals surface area contributed by atoms with E-state index < -0.39 is 15.6 Å². The van der Waals surface area contributed by atoms with Gasteiger partial charge in [-0.1, -0.05) is 6.07 Å². The Labute approximate surface area is 148 Å². The topological polar surface area (TPSA) is 78.4 Å². The van der Waals surface area contributed by atoms with Gasteiger partial charge in [0, 0.05) is 17.8 Å². The van der Waals surface area contributed by atoms with E-state index in [9.17, 15) is 21.6 Å². The lowest BCUT2D eigenvalue weighted by atomic mass is 9.95. The lowest BCUT2D eigenvalue weighted by Crippen LogP contribution is -2.28. The zero-order valence-electron chi connectivity index (χ0n) is 13.5. The molecule has 0 N–H and O–H groups in total. The molecule has 0 amide bonds. The highest BCUT2D eigenvalue weighted by atomic mass is 32.2. The van der Waals surface area contributed by atoms with Crippen LogP contribution in [0, 0.1) is 0 Å². The maximum absolute atomic E-state index is 12.7. The molecule has 0 saturated carbocycles. The minimum Gasteiger partial charge on any atom is -0.471 e. The Bertz CT molecular complexity index is 886. The summed E-state index contributed by atoms with van der Waals surface area (Å²) >= 11 is 0. The lowest BCUT2D eigenvalue weighted by Gasteiger charge is -2.20. The number of halogens is 3. The van der Waals surface area contributed by atoms with Gasteiger partial charge >= 0.3 is 15.6 Å². The number of nitrogens with zero attached hydrogens (tertiary/aromatic N) is 2. The summed E-state index contributed by atoms with van der Waals surface area (Å²) in [4.78, 5) is 8.34. The zero-order chi connectivity index (χ0) is 18.8. The summed E-state index contributed by atoms with van der Waals surface area (Å²) in [6.45, 7) is 0.0398. The predicted octanol–water partition coefficient (Wildman–Crippen LogP) is 3.16. The summed E-state index contributed by atoms with van der Waals surface area (Å²) in [5.41, 5.74) is -4.05. The molecule has 2 aromatic heterocycles. The van der Waals surface area contributed by atoms with Gasteiger partial charge in [-0.3, -0.25) is 4.98 Å². The van der Waals surface area contributed by atoms with Crippen molar-refractivity contribution in [2.45, 2.75) is 37.8 Å². The van der Waals surface area contributed by atoms with Gasteiger partial charge < -0.3 is 8.92 Å². The fourth-order valence-corrected chi connectivity index (χ4v) is 3.07. The highest BCUT2D eigenvalue weighted by Gasteiger charge is 2.49. The Hall–Kier alpha value is -2.36. The fraction of sp³-hybridized carbons (Fsp3) is 0.375. The molecule has 140 valence electrons. The zero-order valence-corrected chi connectivity index (χ0v) is 14.3. The quantitative estimate of drug-likeness (QED) is 0.578. The number of hydrogen-bond donors (Lipinski definition) is 0. The van der Waals surface area contributed by atoms with Crippen LogP contribution < -0.4 is 8.92 Å². The normalized spacial score (nSPS) is 14.6. The summed E-state index contributed by atoms with van der Waals surface area (Å²) in [6, 6.07) is 6.28. The smallest absolute Gasteiger partial charge is 0.471 e. The third kappa shape index (κ3) is 4.06. The predicted molar refractivity (Wildman–Crippen MR) is 85.1 cm³/mol. The van der Waals surface area contributed by atoms with Gasteiger partial charge in [-0.25, -0.2) is 4.98 Å². The maximum atomic E-state index is 12.7. The molecule has 26 heavy (non-hydrogen) atoms. The Morgan fingerprint density at radius 2 is 1.92 bits per heavy atom. The third-order valence-electron chi connectivity index (χ3n) is 3.81. The van der Waals surface area contributed by atoms with Crippen molar-refractivity contribution in [2.24, 2.45) is 0 Å². The molecule has 0 fully saturated rings. The van der Waals surface area contributed by atoms with Gasteiger partial charge in [-0.15, -0.1) is 0 Å². The van der Waals surface area contributed by atoms with Crippen molar-refractivity contribution in [3.63, 3.8) is 0 Å². The monoisotopic (exact) mass is 388 g/mol. The van der Waals surface area contributed by atoms with Crippen LogP contribution >= 0.6 is 0 Å². The average Bonchev–Trinajstić information content (AvgIpc) is 2.59. The molecule has 3 rings (SSSR count). The molecule has 0 unspecified atom stereocenters. The minimum atomic E-state index is -5.76. The molecular weight excluding hydrogens is 373 g/mol. The van der Waals surface area contributed by atoms with Crippen molar-refractivity contribution >= 4 is 10.1 Å². The van der Waals surface area contributed by atoms with Crippen LogP contribution in [0.4, 0.5) is 13.2 Å². The second kappa shape index (κ2) is 7.10. The molecule has 0 radical (unpaired) electrons. The SMILES string of the molecule is O=S(=O)(Oc1cc(OCc2ccccn2)nc2c1CCCC2)C(F)(F)F. The largest absolute Gasteiger partial charge is 0.534 e. The van der Waals surface area contributed by atoms with Gasteiger partial charge in [-0.2, -0.15) is 21.6 Å². The van der Waals surface area contributed by atoms with Crippen molar-refractivity contribution in [1.82, 2.24) is 9.97 Å². The minimum absolute atomic E-state index is 0.0105. The molecule has 1 aliphatic carbocycles. The molecule has 6 nitrogen and oxygen atoms in total. The summed E-state index contributed by atoms with van der Waals surface area (Å²) in [5, 5.41) is 0. The molecule has 1 aliphatic rings. The summed E-state index contributed by atoms with van der Waals surface area (Å²) in [7, 11) is -5.76. The van der Waals surface area contributed by atoms with E-state index in [0.717, 1.165) is 12.5 Å². The van der Waals surface area contributed by atoms with E-state index >= 15 is 0 Å². The second-order valence-electron chi connectivity index (χ2n) is 5.68. The van der Waals surface area contributed by atoms with E-state index in [2.05, 4.69) is 14.2 Å². The van der Waals surface area contributed by atoms with Crippen LogP contribution in [-0.2, 0) is 29.6 Å². The number of ether oxygens (including phenoxy) is 1. The van der Waals surface area contributed by atoms with Crippen molar-refractivity contribution in [2.75, 3.05) is 0 Å². The summed E-state index contributed by atoms with van der Waals surface area (Å²) in [6.07, 6.45) is 3.99. The Kier molecular flexibility index (Phi) is 5.03. The van der Waals surface area contributed by atoms with Crippen LogP contribution in [0.3, 0.4) is 0 Å². The first-order chi connectivity index (χ1) is 12.3. The molecule has 10 heteroatoms. The van der Waals surface area contributed by atoms with Gasteiger partial charge in [0.15, 0.2) is 5.75 Å². The molecule has 0 spiro atoms. The number of pyridine rings is 2. The van der Waals surface area contributed by atoms with E-state index in [1.165, 1.54) is 0 Å². The molecule has 0 aliphatic heterocycles. The van der Waals surface area contributed by atoms with Crippen molar-refractivity contribution in [3.05, 3.63) is 47.4 Å².